The van der Waals surface area contributed by atoms with E-state index in [4.69, 9.17) is 9.84 Å². The minimum Gasteiger partial charge on any atom is -0.493 e. The van der Waals surface area contributed by atoms with Gasteiger partial charge in [0.25, 0.3) is 0 Å². The number of benzene rings is 1. The Morgan fingerprint density at radius 1 is 1.52 bits per heavy atom. The average molecular weight is 306 g/mol. The third-order valence-electron chi connectivity index (χ3n) is 3.12. The number of rotatable bonds is 5. The summed E-state index contributed by atoms with van der Waals surface area (Å²) in [4.78, 5) is 16.6. The molecule has 1 atom stereocenters. The summed E-state index contributed by atoms with van der Waals surface area (Å²) in [7, 11) is 1.93. The van der Waals surface area contributed by atoms with Gasteiger partial charge in [0, 0.05) is 30.3 Å². The lowest BCUT2D eigenvalue weighted by Gasteiger charge is -2.13. The summed E-state index contributed by atoms with van der Waals surface area (Å²) >= 11 is 1.54. The molecule has 1 unspecified atom stereocenters. The molecule has 6 heteroatoms. The van der Waals surface area contributed by atoms with E-state index in [0.29, 0.717) is 17.9 Å². The van der Waals surface area contributed by atoms with E-state index in [2.05, 4.69) is 4.99 Å². The Morgan fingerprint density at radius 2 is 2.29 bits per heavy atom. The topological polar surface area (TPSA) is 63.8 Å². The van der Waals surface area contributed by atoms with Crippen LogP contribution in [0.3, 0.4) is 0 Å². The fourth-order valence-corrected chi connectivity index (χ4v) is 2.66. The predicted molar refractivity (Wildman–Crippen MR) is 82.2 cm³/mol. The maximum absolute atomic E-state index is 11.2. The van der Waals surface area contributed by atoms with Crippen LogP contribution in [-0.2, 0) is 11.8 Å². The van der Waals surface area contributed by atoms with Crippen molar-refractivity contribution in [3.8, 4) is 5.75 Å². The van der Waals surface area contributed by atoms with E-state index in [1.165, 1.54) is 0 Å². The number of aromatic nitrogens is 1. The summed E-state index contributed by atoms with van der Waals surface area (Å²) < 4.78 is 7.50. The van der Waals surface area contributed by atoms with Crippen LogP contribution in [0.2, 0.25) is 0 Å². The van der Waals surface area contributed by atoms with Crippen molar-refractivity contribution >= 4 is 23.0 Å². The average Bonchev–Trinajstić information content (AvgIpc) is 2.84. The van der Waals surface area contributed by atoms with Crippen molar-refractivity contribution in [2.45, 2.75) is 19.8 Å². The Morgan fingerprint density at radius 3 is 2.86 bits per heavy atom. The summed E-state index contributed by atoms with van der Waals surface area (Å²) in [6.07, 6.45) is 1.94. The van der Waals surface area contributed by atoms with E-state index in [-0.39, 0.29) is 0 Å². The minimum absolute atomic E-state index is 0.482. The highest BCUT2D eigenvalue weighted by Crippen LogP contribution is 2.31. The van der Waals surface area contributed by atoms with Crippen molar-refractivity contribution in [3.05, 3.63) is 40.1 Å². The molecule has 1 heterocycles. The SMILES string of the molecule is CCOc1cc(N=c2sccn2C)ccc1C(C)C(=O)O. The van der Waals surface area contributed by atoms with Crippen molar-refractivity contribution < 1.29 is 14.6 Å². The smallest absolute Gasteiger partial charge is 0.310 e. The highest BCUT2D eigenvalue weighted by atomic mass is 32.1. The summed E-state index contributed by atoms with van der Waals surface area (Å²) in [6, 6.07) is 5.38. The van der Waals surface area contributed by atoms with Gasteiger partial charge in [-0.25, -0.2) is 4.99 Å². The normalized spacial score (nSPS) is 13.2. The Labute approximate surface area is 127 Å². The fourth-order valence-electron chi connectivity index (χ4n) is 1.91. The van der Waals surface area contributed by atoms with E-state index in [0.717, 1.165) is 10.5 Å². The van der Waals surface area contributed by atoms with Gasteiger partial charge >= 0.3 is 5.97 Å². The molecule has 21 heavy (non-hydrogen) atoms. The third kappa shape index (κ3) is 3.52. The zero-order chi connectivity index (χ0) is 15.4. The monoisotopic (exact) mass is 306 g/mol. The first-order valence-corrected chi connectivity index (χ1v) is 7.55. The maximum atomic E-state index is 11.2. The van der Waals surface area contributed by atoms with Gasteiger partial charge in [-0.1, -0.05) is 6.07 Å². The number of hydrogen-bond acceptors (Lipinski definition) is 4. The highest BCUT2D eigenvalue weighted by Gasteiger charge is 2.18. The van der Waals surface area contributed by atoms with Gasteiger partial charge in [0.15, 0.2) is 4.80 Å². The van der Waals surface area contributed by atoms with Crippen LogP contribution in [0.15, 0.2) is 34.8 Å². The van der Waals surface area contributed by atoms with Crippen LogP contribution >= 0.6 is 11.3 Å². The van der Waals surface area contributed by atoms with E-state index < -0.39 is 11.9 Å². The van der Waals surface area contributed by atoms with Crippen LogP contribution < -0.4 is 9.54 Å². The van der Waals surface area contributed by atoms with Crippen molar-refractivity contribution in [2.75, 3.05) is 6.61 Å². The van der Waals surface area contributed by atoms with E-state index in [1.54, 1.807) is 30.4 Å². The molecule has 0 fully saturated rings. The fraction of sp³-hybridized carbons (Fsp3) is 0.333. The second kappa shape index (κ2) is 6.58. The Hall–Kier alpha value is -2.08. The molecule has 0 spiro atoms. The van der Waals surface area contributed by atoms with Crippen LogP contribution in [0, 0.1) is 0 Å². The molecular weight excluding hydrogens is 288 g/mol. The minimum atomic E-state index is -0.870. The summed E-state index contributed by atoms with van der Waals surface area (Å²) in [5.41, 5.74) is 1.41. The van der Waals surface area contributed by atoms with Crippen molar-refractivity contribution in [1.29, 1.82) is 0 Å². The number of hydrogen-bond donors (Lipinski definition) is 1. The van der Waals surface area contributed by atoms with Crippen LogP contribution in [0.4, 0.5) is 5.69 Å². The predicted octanol–water partition coefficient (Wildman–Crippen LogP) is 2.91. The molecule has 0 aliphatic heterocycles. The molecule has 2 aromatic rings. The standard InChI is InChI=1S/C15H18N2O3S/c1-4-20-13-9-11(16-15-17(3)7-8-21-15)5-6-12(13)10(2)14(18)19/h5-10H,4H2,1-3H3,(H,18,19). The molecule has 0 saturated carbocycles. The molecule has 5 nitrogen and oxygen atoms in total. The molecule has 0 radical (unpaired) electrons. The number of carbonyl (C=O) groups is 1. The van der Waals surface area contributed by atoms with Crippen LogP contribution in [-0.4, -0.2) is 22.2 Å². The number of ether oxygens (including phenoxy) is 1. The van der Waals surface area contributed by atoms with Crippen LogP contribution in [0.5, 0.6) is 5.75 Å². The molecule has 0 bridgehead atoms. The molecule has 0 aliphatic carbocycles. The molecule has 112 valence electrons. The molecule has 1 N–H and O–H groups in total. The van der Waals surface area contributed by atoms with Gasteiger partial charge in [0.2, 0.25) is 0 Å². The highest BCUT2D eigenvalue weighted by molar-refractivity contribution is 7.07. The maximum Gasteiger partial charge on any atom is 0.310 e. The Bertz CT molecular complexity index is 703. The number of aliphatic carboxylic acids is 1. The molecule has 0 amide bonds. The van der Waals surface area contributed by atoms with Gasteiger partial charge in [-0.3, -0.25) is 4.79 Å². The van der Waals surface area contributed by atoms with Gasteiger partial charge in [-0.2, -0.15) is 0 Å². The molecule has 0 saturated heterocycles. The third-order valence-corrected chi connectivity index (χ3v) is 3.97. The number of carboxylic acid groups (broad SMARTS) is 1. The van der Waals surface area contributed by atoms with Gasteiger partial charge in [0.05, 0.1) is 18.2 Å². The van der Waals surface area contributed by atoms with Crippen LogP contribution in [0.25, 0.3) is 0 Å². The molecule has 1 aromatic heterocycles. The second-order valence-electron chi connectivity index (χ2n) is 4.62. The lowest BCUT2D eigenvalue weighted by Crippen LogP contribution is -2.10. The van der Waals surface area contributed by atoms with Gasteiger partial charge in [0.1, 0.15) is 5.75 Å². The van der Waals surface area contributed by atoms with Crippen LogP contribution in [0.1, 0.15) is 25.3 Å². The Kier molecular flexibility index (Phi) is 4.80. The largest absolute Gasteiger partial charge is 0.493 e. The van der Waals surface area contributed by atoms with E-state index in [9.17, 15) is 4.79 Å². The summed E-state index contributed by atoms with van der Waals surface area (Å²) in [5, 5.41) is 11.1. The zero-order valence-corrected chi connectivity index (χ0v) is 13.1. The number of aryl methyl sites for hydroxylation is 1. The summed E-state index contributed by atoms with van der Waals surface area (Å²) in [5.74, 6) is -0.906. The number of nitrogens with zero attached hydrogens (tertiary/aromatic N) is 2. The Balaban J connectivity index is 2.46. The second-order valence-corrected chi connectivity index (χ2v) is 5.50. The first kappa shape index (κ1) is 15.3. The first-order chi connectivity index (χ1) is 10.0. The van der Waals surface area contributed by atoms with Gasteiger partial charge in [-0.15, -0.1) is 11.3 Å². The molecule has 2 rings (SSSR count). The van der Waals surface area contributed by atoms with E-state index in [1.807, 2.05) is 36.2 Å². The lowest BCUT2D eigenvalue weighted by atomic mass is 10.00. The van der Waals surface area contributed by atoms with Crippen molar-refractivity contribution in [3.63, 3.8) is 0 Å². The summed E-state index contributed by atoms with van der Waals surface area (Å²) in [6.45, 7) is 4.00. The number of thiazole rings is 1. The first-order valence-electron chi connectivity index (χ1n) is 6.67. The quantitative estimate of drug-likeness (QED) is 0.923. The zero-order valence-electron chi connectivity index (χ0n) is 12.2. The lowest BCUT2D eigenvalue weighted by molar-refractivity contribution is -0.138. The molecule has 0 aliphatic rings. The van der Waals surface area contributed by atoms with E-state index >= 15 is 0 Å². The van der Waals surface area contributed by atoms with Crippen molar-refractivity contribution in [2.24, 2.45) is 12.0 Å². The van der Waals surface area contributed by atoms with Crippen molar-refractivity contribution in [1.82, 2.24) is 4.57 Å². The number of carboxylic acids is 1. The molecular formula is C15H18N2O3S. The van der Waals surface area contributed by atoms with Gasteiger partial charge < -0.3 is 14.4 Å². The molecule has 1 aromatic carbocycles. The van der Waals surface area contributed by atoms with Gasteiger partial charge in [-0.05, 0) is 19.9 Å².